The second-order valence-electron chi connectivity index (χ2n) is 4.12. The van der Waals surface area contributed by atoms with E-state index in [1.54, 1.807) is 17.7 Å². The highest BCUT2D eigenvalue weighted by atomic mass is 79.9. The molecule has 6 heteroatoms. The minimum Gasteiger partial charge on any atom is -0.308 e. The summed E-state index contributed by atoms with van der Waals surface area (Å²) in [6.07, 6.45) is 0. The largest absolute Gasteiger partial charge is 0.308 e. The molecule has 1 atom stereocenters. The van der Waals surface area contributed by atoms with Crippen LogP contribution in [0.2, 0.25) is 0 Å². The van der Waals surface area contributed by atoms with Crippen molar-refractivity contribution in [2.24, 2.45) is 7.05 Å². The van der Waals surface area contributed by atoms with Gasteiger partial charge in [0.25, 0.3) is 0 Å². The van der Waals surface area contributed by atoms with Crippen LogP contribution in [0.25, 0.3) is 0 Å². The fourth-order valence-corrected chi connectivity index (χ4v) is 2.45. The van der Waals surface area contributed by atoms with E-state index in [9.17, 15) is 4.39 Å². The maximum absolute atomic E-state index is 13.6. The molecule has 0 aliphatic rings. The number of aryl methyl sites for hydroxylation is 2. The van der Waals surface area contributed by atoms with Gasteiger partial charge in [0.1, 0.15) is 5.82 Å². The van der Waals surface area contributed by atoms with E-state index in [4.69, 9.17) is 0 Å². The molecule has 2 aromatic rings. The average molecular weight is 313 g/mol. The van der Waals surface area contributed by atoms with Gasteiger partial charge in [0.05, 0.1) is 11.7 Å². The maximum Gasteiger partial charge on any atom is 0.153 e. The molecule has 1 aromatic carbocycles. The second kappa shape index (κ2) is 5.16. The van der Waals surface area contributed by atoms with E-state index in [2.05, 4.69) is 31.6 Å². The van der Waals surface area contributed by atoms with Gasteiger partial charge in [-0.15, -0.1) is 5.10 Å². The highest BCUT2D eigenvalue weighted by Gasteiger charge is 2.21. The van der Waals surface area contributed by atoms with Crippen LogP contribution >= 0.6 is 15.9 Å². The SMILES string of the molecule is CNC(c1ccc(C)c(F)c1)c1c(Br)nnn1C. The molecule has 4 nitrogen and oxygen atoms in total. The molecule has 96 valence electrons. The molecule has 1 N–H and O–H groups in total. The van der Waals surface area contributed by atoms with Gasteiger partial charge >= 0.3 is 0 Å². The van der Waals surface area contributed by atoms with Crippen molar-refractivity contribution in [1.29, 1.82) is 0 Å². The van der Waals surface area contributed by atoms with E-state index in [1.807, 2.05) is 20.2 Å². The minimum atomic E-state index is -0.209. The van der Waals surface area contributed by atoms with Crippen LogP contribution in [0.5, 0.6) is 0 Å². The zero-order valence-corrected chi connectivity index (χ0v) is 12.0. The van der Waals surface area contributed by atoms with E-state index < -0.39 is 0 Å². The molecule has 0 saturated heterocycles. The van der Waals surface area contributed by atoms with Crippen molar-refractivity contribution in [3.63, 3.8) is 0 Å². The fraction of sp³-hybridized carbons (Fsp3) is 0.333. The molecular weight excluding hydrogens is 299 g/mol. The van der Waals surface area contributed by atoms with Crippen LogP contribution in [0.3, 0.4) is 0 Å². The van der Waals surface area contributed by atoms with Gasteiger partial charge in [0.2, 0.25) is 0 Å². The van der Waals surface area contributed by atoms with E-state index in [-0.39, 0.29) is 11.9 Å². The van der Waals surface area contributed by atoms with Crippen LogP contribution in [0, 0.1) is 12.7 Å². The number of nitrogens with one attached hydrogen (secondary N) is 1. The zero-order chi connectivity index (χ0) is 13.3. The van der Waals surface area contributed by atoms with Crippen molar-refractivity contribution < 1.29 is 4.39 Å². The fourth-order valence-electron chi connectivity index (χ4n) is 1.90. The number of nitrogens with zero attached hydrogens (tertiary/aromatic N) is 3. The van der Waals surface area contributed by atoms with Crippen molar-refractivity contribution in [3.8, 4) is 0 Å². The van der Waals surface area contributed by atoms with Gasteiger partial charge in [-0.05, 0) is 47.1 Å². The van der Waals surface area contributed by atoms with E-state index in [1.165, 1.54) is 6.07 Å². The average Bonchev–Trinajstić information content (AvgIpc) is 2.66. The number of benzene rings is 1. The lowest BCUT2D eigenvalue weighted by atomic mass is 10.0. The lowest BCUT2D eigenvalue weighted by molar-refractivity contribution is 0.583. The highest BCUT2D eigenvalue weighted by Crippen LogP contribution is 2.27. The van der Waals surface area contributed by atoms with Crippen LogP contribution in [-0.4, -0.2) is 22.0 Å². The molecule has 1 unspecified atom stereocenters. The van der Waals surface area contributed by atoms with Crippen molar-refractivity contribution in [2.45, 2.75) is 13.0 Å². The molecule has 1 heterocycles. The summed E-state index contributed by atoms with van der Waals surface area (Å²) in [7, 11) is 3.63. The van der Waals surface area contributed by atoms with Crippen LogP contribution in [-0.2, 0) is 7.05 Å². The summed E-state index contributed by atoms with van der Waals surface area (Å²) >= 11 is 3.36. The number of aromatic nitrogens is 3. The van der Waals surface area contributed by atoms with E-state index in [0.717, 1.165) is 11.3 Å². The Morgan fingerprint density at radius 3 is 2.67 bits per heavy atom. The summed E-state index contributed by atoms with van der Waals surface area (Å²) in [6.45, 7) is 1.75. The molecule has 0 bridgehead atoms. The summed E-state index contributed by atoms with van der Waals surface area (Å²) in [5, 5.41) is 11.0. The third-order valence-corrected chi connectivity index (χ3v) is 3.48. The van der Waals surface area contributed by atoms with Gasteiger partial charge in [-0.3, -0.25) is 0 Å². The van der Waals surface area contributed by atoms with Gasteiger partial charge in [-0.1, -0.05) is 17.3 Å². The third kappa shape index (κ3) is 2.30. The first kappa shape index (κ1) is 13.2. The first-order valence-electron chi connectivity index (χ1n) is 5.53. The molecule has 18 heavy (non-hydrogen) atoms. The van der Waals surface area contributed by atoms with Gasteiger partial charge in [-0.25, -0.2) is 9.07 Å². The summed E-state index contributed by atoms with van der Waals surface area (Å²) in [5.74, 6) is -0.209. The van der Waals surface area contributed by atoms with Crippen molar-refractivity contribution in [1.82, 2.24) is 20.3 Å². The Morgan fingerprint density at radius 2 is 2.17 bits per heavy atom. The minimum absolute atomic E-state index is 0.158. The molecule has 0 aliphatic carbocycles. The summed E-state index contributed by atoms with van der Waals surface area (Å²) in [6, 6.07) is 5.05. The first-order valence-corrected chi connectivity index (χ1v) is 6.32. The molecule has 0 spiro atoms. The van der Waals surface area contributed by atoms with Crippen LogP contribution in [0.15, 0.2) is 22.8 Å². The number of rotatable bonds is 3. The van der Waals surface area contributed by atoms with Gasteiger partial charge in [-0.2, -0.15) is 0 Å². The van der Waals surface area contributed by atoms with E-state index in [0.29, 0.717) is 10.2 Å². The molecule has 0 amide bonds. The Kier molecular flexibility index (Phi) is 3.77. The van der Waals surface area contributed by atoms with Crippen molar-refractivity contribution >= 4 is 15.9 Å². The van der Waals surface area contributed by atoms with Crippen LogP contribution < -0.4 is 5.32 Å². The lowest BCUT2D eigenvalue weighted by Gasteiger charge is -2.17. The normalized spacial score (nSPS) is 12.7. The quantitative estimate of drug-likeness (QED) is 0.946. The van der Waals surface area contributed by atoms with Gasteiger partial charge in [0, 0.05) is 7.05 Å². The van der Waals surface area contributed by atoms with Crippen LogP contribution in [0.1, 0.15) is 22.9 Å². The molecule has 0 fully saturated rings. The number of halogens is 2. The molecule has 0 saturated carbocycles. The number of hydrogen-bond donors (Lipinski definition) is 1. The van der Waals surface area contributed by atoms with Crippen molar-refractivity contribution in [3.05, 3.63) is 45.4 Å². The third-order valence-electron chi connectivity index (χ3n) is 2.92. The van der Waals surface area contributed by atoms with Crippen molar-refractivity contribution in [2.75, 3.05) is 7.05 Å². The maximum atomic E-state index is 13.6. The Bertz CT molecular complexity index is 548. The predicted octanol–water partition coefficient (Wildman–Crippen LogP) is 2.33. The Morgan fingerprint density at radius 1 is 1.44 bits per heavy atom. The Balaban J connectivity index is 2.48. The van der Waals surface area contributed by atoms with Gasteiger partial charge < -0.3 is 5.32 Å². The molecule has 0 aliphatic heterocycles. The zero-order valence-electron chi connectivity index (χ0n) is 10.4. The Labute approximate surface area is 113 Å². The molecule has 0 radical (unpaired) electrons. The van der Waals surface area contributed by atoms with Crippen LogP contribution in [0.4, 0.5) is 4.39 Å². The standard InChI is InChI=1S/C12H14BrFN4/c1-7-4-5-8(6-9(7)14)10(15-2)11-12(13)16-17-18(11)3/h4-6,10,15H,1-3H3. The number of hydrogen-bond acceptors (Lipinski definition) is 3. The smallest absolute Gasteiger partial charge is 0.153 e. The Hall–Kier alpha value is -1.27. The summed E-state index contributed by atoms with van der Waals surface area (Å²) < 4.78 is 16.0. The van der Waals surface area contributed by atoms with Gasteiger partial charge in [0.15, 0.2) is 4.60 Å². The monoisotopic (exact) mass is 312 g/mol. The summed E-state index contributed by atoms with van der Waals surface area (Å²) in [5.41, 5.74) is 2.34. The molecular formula is C12H14BrFN4. The summed E-state index contributed by atoms with van der Waals surface area (Å²) in [4.78, 5) is 0. The molecule has 1 aromatic heterocycles. The highest BCUT2D eigenvalue weighted by molar-refractivity contribution is 9.10. The topological polar surface area (TPSA) is 42.7 Å². The van der Waals surface area contributed by atoms with E-state index >= 15 is 0 Å². The molecule has 2 rings (SSSR count). The predicted molar refractivity (Wildman–Crippen MR) is 70.7 cm³/mol. The second-order valence-corrected chi connectivity index (χ2v) is 4.87. The lowest BCUT2D eigenvalue weighted by Crippen LogP contribution is -2.21. The first-order chi connectivity index (χ1) is 8.54.